The molecule has 0 atom stereocenters. The van der Waals surface area contributed by atoms with Crippen LogP contribution in [0, 0.1) is 0 Å². The van der Waals surface area contributed by atoms with E-state index >= 15 is 0 Å². The highest BCUT2D eigenvalue weighted by Crippen LogP contribution is 2.36. The summed E-state index contributed by atoms with van der Waals surface area (Å²) in [5.74, 6) is 3.45. The minimum atomic E-state index is 0.239. The summed E-state index contributed by atoms with van der Waals surface area (Å²) in [6.45, 7) is 2.85. The summed E-state index contributed by atoms with van der Waals surface area (Å²) < 4.78 is 22.1. The Bertz CT molecular complexity index is 881. The van der Waals surface area contributed by atoms with Gasteiger partial charge in [-0.25, -0.2) is 0 Å². The van der Waals surface area contributed by atoms with Gasteiger partial charge in [0.2, 0.25) is 12.7 Å². The van der Waals surface area contributed by atoms with Gasteiger partial charge in [0, 0.05) is 16.9 Å². The molecule has 2 aromatic carbocycles. The van der Waals surface area contributed by atoms with E-state index in [1.165, 1.54) is 11.8 Å². The standard InChI is InChI=1S/C18H16N2O4S/c1-2-21-14-6-4-3-5-13(14)10-25-18-20-19-17(24-18)12-7-8-15-16(9-12)23-11-22-15/h3-9H,2,10-11H2,1H3. The van der Waals surface area contributed by atoms with Crippen LogP contribution in [0.25, 0.3) is 11.5 Å². The maximum atomic E-state index is 5.75. The van der Waals surface area contributed by atoms with Crippen LogP contribution in [0.2, 0.25) is 0 Å². The van der Waals surface area contributed by atoms with Crippen molar-refractivity contribution in [2.45, 2.75) is 17.9 Å². The van der Waals surface area contributed by atoms with Gasteiger partial charge in [-0.05, 0) is 31.2 Å². The molecule has 0 saturated heterocycles. The second kappa shape index (κ2) is 7.06. The van der Waals surface area contributed by atoms with Gasteiger partial charge in [0.1, 0.15) is 5.75 Å². The lowest BCUT2D eigenvalue weighted by Crippen LogP contribution is -1.95. The van der Waals surface area contributed by atoms with Gasteiger partial charge < -0.3 is 18.6 Å². The molecule has 0 radical (unpaired) electrons. The monoisotopic (exact) mass is 356 g/mol. The first-order valence-electron chi connectivity index (χ1n) is 7.90. The first-order valence-corrected chi connectivity index (χ1v) is 8.89. The predicted molar refractivity (Wildman–Crippen MR) is 93.0 cm³/mol. The number of benzene rings is 2. The van der Waals surface area contributed by atoms with Crippen LogP contribution in [0.15, 0.2) is 52.1 Å². The van der Waals surface area contributed by atoms with Gasteiger partial charge in [-0.1, -0.05) is 30.0 Å². The topological polar surface area (TPSA) is 66.6 Å². The number of thioether (sulfide) groups is 1. The first kappa shape index (κ1) is 15.8. The van der Waals surface area contributed by atoms with E-state index in [1.54, 1.807) is 0 Å². The van der Waals surface area contributed by atoms with Crippen molar-refractivity contribution in [1.82, 2.24) is 10.2 Å². The summed E-state index contributed by atoms with van der Waals surface area (Å²) in [4.78, 5) is 0. The molecule has 1 aliphatic heterocycles. The fraction of sp³-hybridized carbons (Fsp3) is 0.222. The highest BCUT2D eigenvalue weighted by atomic mass is 32.2. The van der Waals surface area contributed by atoms with E-state index in [4.69, 9.17) is 18.6 Å². The second-order valence-electron chi connectivity index (χ2n) is 5.27. The average Bonchev–Trinajstić information content (AvgIpc) is 3.30. The van der Waals surface area contributed by atoms with Crippen molar-refractivity contribution in [3.05, 3.63) is 48.0 Å². The zero-order valence-electron chi connectivity index (χ0n) is 13.6. The molecule has 0 amide bonds. The van der Waals surface area contributed by atoms with Crippen LogP contribution in [-0.4, -0.2) is 23.6 Å². The highest BCUT2D eigenvalue weighted by Gasteiger charge is 2.17. The molecule has 4 rings (SSSR count). The van der Waals surface area contributed by atoms with Gasteiger partial charge in [0.25, 0.3) is 5.22 Å². The minimum absolute atomic E-state index is 0.239. The van der Waals surface area contributed by atoms with Gasteiger partial charge in [-0.3, -0.25) is 0 Å². The lowest BCUT2D eigenvalue weighted by atomic mass is 10.2. The SMILES string of the molecule is CCOc1ccccc1CSc1nnc(-c2ccc3c(c2)OCO3)o1. The van der Waals surface area contributed by atoms with E-state index < -0.39 is 0 Å². The van der Waals surface area contributed by atoms with Crippen molar-refractivity contribution < 1.29 is 18.6 Å². The van der Waals surface area contributed by atoms with E-state index in [2.05, 4.69) is 10.2 Å². The van der Waals surface area contributed by atoms with Gasteiger partial charge >= 0.3 is 0 Å². The van der Waals surface area contributed by atoms with Crippen LogP contribution >= 0.6 is 11.8 Å². The molecular formula is C18H16N2O4S. The van der Waals surface area contributed by atoms with Gasteiger partial charge in [-0.15, -0.1) is 10.2 Å². The fourth-order valence-corrected chi connectivity index (χ4v) is 3.23. The van der Waals surface area contributed by atoms with Crippen molar-refractivity contribution in [2.75, 3.05) is 13.4 Å². The van der Waals surface area contributed by atoms with Gasteiger partial charge in [0.05, 0.1) is 6.61 Å². The van der Waals surface area contributed by atoms with Crippen molar-refractivity contribution in [3.63, 3.8) is 0 Å². The molecule has 25 heavy (non-hydrogen) atoms. The third-order valence-corrected chi connectivity index (χ3v) is 4.52. The molecule has 1 aliphatic rings. The molecule has 3 aromatic rings. The number of nitrogens with zero attached hydrogens (tertiary/aromatic N) is 2. The number of hydrogen-bond acceptors (Lipinski definition) is 7. The molecule has 0 N–H and O–H groups in total. The van der Waals surface area contributed by atoms with Crippen molar-refractivity contribution in [1.29, 1.82) is 0 Å². The zero-order chi connectivity index (χ0) is 17.1. The summed E-state index contributed by atoms with van der Waals surface area (Å²) in [7, 11) is 0. The summed E-state index contributed by atoms with van der Waals surface area (Å²) in [5, 5.41) is 8.74. The summed E-state index contributed by atoms with van der Waals surface area (Å²) in [5.41, 5.74) is 1.90. The quantitative estimate of drug-likeness (QED) is 0.614. The molecule has 0 unspecified atom stereocenters. The Hall–Kier alpha value is -2.67. The molecule has 0 fully saturated rings. The molecule has 6 nitrogen and oxygen atoms in total. The maximum Gasteiger partial charge on any atom is 0.277 e. The van der Waals surface area contributed by atoms with E-state index in [-0.39, 0.29) is 6.79 Å². The predicted octanol–water partition coefficient (Wildman–Crippen LogP) is 4.16. The molecule has 0 bridgehead atoms. The van der Waals surface area contributed by atoms with Gasteiger partial charge in [0.15, 0.2) is 11.5 Å². The number of hydrogen-bond donors (Lipinski definition) is 0. The molecule has 128 valence electrons. The molecule has 7 heteroatoms. The summed E-state index contributed by atoms with van der Waals surface area (Å²) in [6.07, 6.45) is 0. The minimum Gasteiger partial charge on any atom is -0.494 e. The number of rotatable bonds is 6. The van der Waals surface area contributed by atoms with Gasteiger partial charge in [-0.2, -0.15) is 0 Å². The molecule has 1 aromatic heterocycles. The van der Waals surface area contributed by atoms with E-state index in [0.29, 0.717) is 29.2 Å². The fourth-order valence-electron chi connectivity index (χ4n) is 2.47. The average molecular weight is 356 g/mol. The van der Waals surface area contributed by atoms with Crippen LogP contribution in [0.5, 0.6) is 17.2 Å². The Kier molecular flexibility index (Phi) is 4.47. The normalized spacial score (nSPS) is 12.4. The van der Waals surface area contributed by atoms with Crippen LogP contribution in [0.1, 0.15) is 12.5 Å². The van der Waals surface area contributed by atoms with E-state index in [1.807, 2.05) is 49.4 Å². The number of aromatic nitrogens is 2. The molecular weight excluding hydrogens is 340 g/mol. The lowest BCUT2D eigenvalue weighted by molar-refractivity contribution is 0.174. The largest absolute Gasteiger partial charge is 0.494 e. The molecule has 2 heterocycles. The Balaban J connectivity index is 1.47. The third kappa shape index (κ3) is 3.41. The smallest absolute Gasteiger partial charge is 0.277 e. The van der Waals surface area contributed by atoms with Crippen LogP contribution in [0.4, 0.5) is 0 Å². The van der Waals surface area contributed by atoms with Crippen LogP contribution < -0.4 is 14.2 Å². The molecule has 0 spiro atoms. The van der Waals surface area contributed by atoms with Crippen LogP contribution in [-0.2, 0) is 5.75 Å². The Morgan fingerprint density at radius 3 is 2.88 bits per heavy atom. The van der Waals surface area contributed by atoms with Crippen molar-refractivity contribution in [2.24, 2.45) is 0 Å². The third-order valence-electron chi connectivity index (χ3n) is 3.65. The Morgan fingerprint density at radius 2 is 1.96 bits per heavy atom. The summed E-state index contributed by atoms with van der Waals surface area (Å²) in [6, 6.07) is 13.5. The molecule has 0 saturated carbocycles. The highest BCUT2D eigenvalue weighted by molar-refractivity contribution is 7.98. The first-order chi connectivity index (χ1) is 12.3. The van der Waals surface area contributed by atoms with E-state index in [9.17, 15) is 0 Å². The van der Waals surface area contributed by atoms with Crippen molar-refractivity contribution in [3.8, 4) is 28.7 Å². The lowest BCUT2D eigenvalue weighted by Gasteiger charge is -2.08. The Morgan fingerprint density at radius 1 is 1.08 bits per heavy atom. The maximum absolute atomic E-state index is 5.75. The van der Waals surface area contributed by atoms with E-state index in [0.717, 1.165) is 22.6 Å². The number of ether oxygens (including phenoxy) is 3. The second-order valence-corrected chi connectivity index (χ2v) is 6.20. The van der Waals surface area contributed by atoms with Crippen LogP contribution in [0.3, 0.4) is 0 Å². The zero-order valence-corrected chi connectivity index (χ0v) is 14.4. The summed E-state index contributed by atoms with van der Waals surface area (Å²) >= 11 is 1.48. The molecule has 0 aliphatic carbocycles. The Labute approximate surface area is 149 Å². The number of fused-ring (bicyclic) bond motifs is 1. The number of para-hydroxylation sites is 1. The van der Waals surface area contributed by atoms with Crippen molar-refractivity contribution >= 4 is 11.8 Å².